The van der Waals surface area contributed by atoms with Crippen molar-refractivity contribution in [1.82, 2.24) is 0 Å². The molecule has 0 aliphatic carbocycles. The van der Waals surface area contributed by atoms with Crippen LogP contribution in [0.4, 0.5) is 5.69 Å². The van der Waals surface area contributed by atoms with Crippen LogP contribution in [-0.4, -0.2) is 6.29 Å². The summed E-state index contributed by atoms with van der Waals surface area (Å²) in [7, 11) is 0. The lowest BCUT2D eigenvalue weighted by Crippen LogP contribution is -2.08. The lowest BCUT2D eigenvalue weighted by molar-refractivity contribution is -0.109. The number of benzene rings is 2. The fourth-order valence-electron chi connectivity index (χ4n) is 2.03. The van der Waals surface area contributed by atoms with E-state index in [1.807, 2.05) is 18.2 Å². The molecule has 0 heterocycles. The number of hydrogen-bond donors (Lipinski definition) is 1. The molecule has 2 rings (SSSR count). The van der Waals surface area contributed by atoms with Crippen molar-refractivity contribution in [1.29, 1.82) is 0 Å². The molecule has 0 spiro atoms. The van der Waals surface area contributed by atoms with E-state index in [2.05, 4.69) is 0 Å². The molecule has 19 heavy (non-hydrogen) atoms. The molecule has 0 radical (unpaired) electrons. The van der Waals surface area contributed by atoms with Gasteiger partial charge in [-0.05, 0) is 35.7 Å². The van der Waals surface area contributed by atoms with Gasteiger partial charge in [-0.3, -0.25) is 0 Å². The summed E-state index contributed by atoms with van der Waals surface area (Å²) in [5, 5.41) is 1.13. The normalized spacial score (nSPS) is 12.1. The highest BCUT2D eigenvalue weighted by atomic mass is 35.5. The standard InChI is InChI=1S/C15H13Cl2NO/c16-13-5-3-6-14(17)12(13)8-10(9-19)11-4-1-2-7-15(11)18/h1-7,9-10H,8,18H2. The number of para-hydroxylation sites is 1. The Hall–Kier alpha value is -1.51. The maximum atomic E-state index is 11.3. The van der Waals surface area contributed by atoms with Crippen molar-refractivity contribution in [2.24, 2.45) is 0 Å². The van der Waals surface area contributed by atoms with Crippen LogP contribution in [-0.2, 0) is 11.2 Å². The van der Waals surface area contributed by atoms with Gasteiger partial charge in [-0.2, -0.15) is 0 Å². The highest BCUT2D eigenvalue weighted by molar-refractivity contribution is 6.36. The molecular weight excluding hydrogens is 281 g/mol. The zero-order chi connectivity index (χ0) is 13.8. The molecule has 2 aromatic carbocycles. The summed E-state index contributed by atoms with van der Waals surface area (Å²) in [6.07, 6.45) is 1.32. The third-order valence-corrected chi connectivity index (χ3v) is 3.75. The van der Waals surface area contributed by atoms with Gasteiger partial charge in [-0.25, -0.2) is 0 Å². The Bertz CT molecular complexity index is 578. The molecule has 2 nitrogen and oxygen atoms in total. The van der Waals surface area contributed by atoms with Crippen LogP contribution in [0.5, 0.6) is 0 Å². The summed E-state index contributed by atoms with van der Waals surface area (Å²) in [5.41, 5.74) is 8.07. The molecule has 1 unspecified atom stereocenters. The molecular formula is C15H13Cl2NO. The van der Waals surface area contributed by atoms with Gasteiger partial charge in [0, 0.05) is 21.7 Å². The number of aldehydes is 1. The van der Waals surface area contributed by atoms with Crippen LogP contribution in [0.1, 0.15) is 17.0 Å². The molecule has 0 aliphatic heterocycles. The Labute approximate surface area is 122 Å². The highest BCUT2D eigenvalue weighted by Gasteiger charge is 2.17. The number of nitrogens with two attached hydrogens (primary N) is 1. The van der Waals surface area contributed by atoms with Crippen LogP contribution in [0.25, 0.3) is 0 Å². The minimum Gasteiger partial charge on any atom is -0.398 e. The maximum absolute atomic E-state index is 11.3. The SMILES string of the molecule is Nc1ccccc1C(C=O)Cc1c(Cl)cccc1Cl. The fraction of sp³-hybridized carbons (Fsp3) is 0.133. The molecule has 0 aliphatic rings. The summed E-state index contributed by atoms with van der Waals surface area (Å²) < 4.78 is 0. The average Bonchev–Trinajstić information content (AvgIpc) is 2.40. The topological polar surface area (TPSA) is 43.1 Å². The van der Waals surface area contributed by atoms with Crippen LogP contribution in [0, 0.1) is 0 Å². The molecule has 4 heteroatoms. The van der Waals surface area contributed by atoms with Crippen molar-refractivity contribution in [3.8, 4) is 0 Å². The zero-order valence-corrected chi connectivity index (χ0v) is 11.7. The van der Waals surface area contributed by atoms with Crippen LogP contribution >= 0.6 is 23.2 Å². The monoisotopic (exact) mass is 293 g/mol. The molecule has 0 saturated carbocycles. The first-order valence-corrected chi connectivity index (χ1v) is 6.61. The van der Waals surface area contributed by atoms with E-state index >= 15 is 0 Å². The molecule has 98 valence electrons. The molecule has 0 aromatic heterocycles. The largest absolute Gasteiger partial charge is 0.398 e. The summed E-state index contributed by atoms with van der Waals surface area (Å²) >= 11 is 12.3. The van der Waals surface area contributed by atoms with Crippen molar-refractivity contribution in [2.75, 3.05) is 5.73 Å². The minimum atomic E-state index is -0.349. The van der Waals surface area contributed by atoms with Gasteiger partial charge >= 0.3 is 0 Å². The van der Waals surface area contributed by atoms with E-state index in [1.54, 1.807) is 24.3 Å². The summed E-state index contributed by atoms with van der Waals surface area (Å²) in [6, 6.07) is 12.6. The molecule has 0 amide bonds. The van der Waals surface area contributed by atoms with Crippen LogP contribution in [0.15, 0.2) is 42.5 Å². The average molecular weight is 294 g/mol. The number of anilines is 1. The second-order valence-electron chi connectivity index (χ2n) is 4.28. The number of hydrogen-bond acceptors (Lipinski definition) is 2. The predicted octanol–water partition coefficient (Wildman–Crippen LogP) is 4.10. The van der Waals surface area contributed by atoms with Gasteiger partial charge in [0.1, 0.15) is 6.29 Å². The maximum Gasteiger partial charge on any atom is 0.127 e. The van der Waals surface area contributed by atoms with E-state index in [4.69, 9.17) is 28.9 Å². The quantitative estimate of drug-likeness (QED) is 0.681. The van der Waals surface area contributed by atoms with Gasteiger partial charge < -0.3 is 10.5 Å². The van der Waals surface area contributed by atoms with E-state index < -0.39 is 0 Å². The zero-order valence-electron chi connectivity index (χ0n) is 10.1. The van der Waals surface area contributed by atoms with Gasteiger partial charge in [0.15, 0.2) is 0 Å². The number of nitrogen functional groups attached to an aromatic ring is 1. The van der Waals surface area contributed by atoms with Gasteiger partial charge in [0.25, 0.3) is 0 Å². The highest BCUT2D eigenvalue weighted by Crippen LogP contribution is 2.31. The van der Waals surface area contributed by atoms with Crippen molar-refractivity contribution >= 4 is 35.2 Å². The van der Waals surface area contributed by atoms with Crippen molar-refractivity contribution in [2.45, 2.75) is 12.3 Å². The summed E-state index contributed by atoms with van der Waals surface area (Å²) in [6.45, 7) is 0. The second kappa shape index (κ2) is 6.09. The third-order valence-electron chi connectivity index (χ3n) is 3.05. The summed E-state index contributed by atoms with van der Waals surface area (Å²) in [5.74, 6) is -0.349. The van der Waals surface area contributed by atoms with Gasteiger partial charge in [-0.15, -0.1) is 0 Å². The van der Waals surface area contributed by atoms with Gasteiger partial charge in [0.2, 0.25) is 0 Å². The van der Waals surface area contributed by atoms with E-state index in [-0.39, 0.29) is 5.92 Å². The lowest BCUT2D eigenvalue weighted by Gasteiger charge is -2.15. The Balaban J connectivity index is 2.35. The van der Waals surface area contributed by atoms with Crippen LogP contribution < -0.4 is 5.73 Å². The molecule has 1 atom stereocenters. The third kappa shape index (κ3) is 3.09. The number of rotatable bonds is 4. The van der Waals surface area contributed by atoms with Crippen molar-refractivity contribution < 1.29 is 4.79 Å². The molecule has 0 bridgehead atoms. The van der Waals surface area contributed by atoms with E-state index in [0.717, 1.165) is 17.4 Å². The molecule has 0 saturated heterocycles. The Morgan fingerprint density at radius 1 is 1.05 bits per heavy atom. The second-order valence-corrected chi connectivity index (χ2v) is 5.09. The Kier molecular flexibility index (Phi) is 4.46. The predicted molar refractivity (Wildman–Crippen MR) is 79.8 cm³/mol. The minimum absolute atomic E-state index is 0.349. The molecule has 0 fully saturated rings. The first-order valence-electron chi connectivity index (χ1n) is 5.86. The first kappa shape index (κ1) is 13.9. The van der Waals surface area contributed by atoms with E-state index in [0.29, 0.717) is 22.2 Å². The van der Waals surface area contributed by atoms with Crippen LogP contribution in [0.2, 0.25) is 10.0 Å². The Morgan fingerprint density at radius 3 is 2.26 bits per heavy atom. The molecule has 2 N–H and O–H groups in total. The Morgan fingerprint density at radius 2 is 1.68 bits per heavy atom. The van der Waals surface area contributed by atoms with Gasteiger partial charge in [-0.1, -0.05) is 47.5 Å². The lowest BCUT2D eigenvalue weighted by atomic mass is 9.92. The number of carbonyl (C=O) groups excluding carboxylic acids is 1. The smallest absolute Gasteiger partial charge is 0.127 e. The number of carbonyl (C=O) groups is 1. The molecule has 2 aromatic rings. The van der Waals surface area contributed by atoms with E-state index in [1.165, 1.54) is 0 Å². The van der Waals surface area contributed by atoms with Crippen LogP contribution in [0.3, 0.4) is 0 Å². The van der Waals surface area contributed by atoms with Crippen molar-refractivity contribution in [3.05, 3.63) is 63.6 Å². The van der Waals surface area contributed by atoms with Crippen molar-refractivity contribution in [3.63, 3.8) is 0 Å². The number of halogens is 2. The first-order chi connectivity index (χ1) is 9.13. The fourth-order valence-corrected chi connectivity index (χ4v) is 2.58. The summed E-state index contributed by atoms with van der Waals surface area (Å²) in [4.78, 5) is 11.3. The van der Waals surface area contributed by atoms with Gasteiger partial charge in [0.05, 0.1) is 0 Å². The van der Waals surface area contributed by atoms with E-state index in [9.17, 15) is 4.79 Å².